The van der Waals surface area contributed by atoms with Gasteiger partial charge in [0.1, 0.15) is 0 Å². The van der Waals surface area contributed by atoms with Crippen LogP contribution in [0.15, 0.2) is 17.5 Å². The van der Waals surface area contributed by atoms with Crippen molar-refractivity contribution in [2.24, 2.45) is 0 Å². The van der Waals surface area contributed by atoms with Crippen LogP contribution in [0.25, 0.3) is 0 Å². The Morgan fingerprint density at radius 2 is 2.29 bits per heavy atom. The molecule has 114 valence electrons. The van der Waals surface area contributed by atoms with E-state index in [0.717, 1.165) is 4.88 Å². The monoisotopic (exact) mass is 333 g/mol. The van der Waals surface area contributed by atoms with Gasteiger partial charge in [-0.25, -0.2) is 4.31 Å². The number of nitrogens with one attached hydrogen (secondary N) is 2. The molecule has 0 spiro atoms. The zero-order valence-electron chi connectivity index (χ0n) is 10.5. The molecule has 0 saturated carbocycles. The number of hydrogen-bond acceptors (Lipinski definition) is 6. The van der Waals surface area contributed by atoms with Gasteiger partial charge >= 0.3 is 10.3 Å². The summed E-state index contributed by atoms with van der Waals surface area (Å²) in [4.78, 5) is 35.0. The molecule has 1 aromatic heterocycles. The van der Waals surface area contributed by atoms with Crippen molar-refractivity contribution in [3.05, 3.63) is 22.4 Å². The molecule has 1 atom stereocenters. The van der Waals surface area contributed by atoms with Gasteiger partial charge < -0.3 is 10.6 Å². The maximum Gasteiger partial charge on any atom is 0.362 e. The minimum absolute atomic E-state index is 0.0148. The third kappa shape index (κ3) is 3.04. The van der Waals surface area contributed by atoms with Gasteiger partial charge in [0.05, 0.1) is 13.0 Å². The fourth-order valence-electron chi connectivity index (χ4n) is 1.85. The Morgan fingerprint density at radius 1 is 1.57 bits per heavy atom. The van der Waals surface area contributed by atoms with Crippen LogP contribution >= 0.6 is 11.3 Å². The van der Waals surface area contributed by atoms with E-state index in [9.17, 15) is 22.8 Å². The molecule has 3 amide bonds. The molecule has 2 rings (SSSR count). The summed E-state index contributed by atoms with van der Waals surface area (Å²) in [5.41, 5.74) is -1.84. The minimum Gasteiger partial charge on any atom is -0.327 e. The SMILES string of the molecule is O=CNC1(NC(=O)Cc2cccs2)CN(S(=O)(=O)O)C1=O. The molecule has 2 heterocycles. The van der Waals surface area contributed by atoms with Gasteiger partial charge in [0, 0.05) is 4.88 Å². The summed E-state index contributed by atoms with van der Waals surface area (Å²) in [6.07, 6.45) is 0.157. The van der Waals surface area contributed by atoms with Crippen LogP contribution in [-0.2, 0) is 31.1 Å². The number of rotatable bonds is 6. The van der Waals surface area contributed by atoms with Gasteiger partial charge in [0.2, 0.25) is 18.0 Å². The van der Waals surface area contributed by atoms with Crippen LogP contribution in [0.1, 0.15) is 4.88 Å². The molecule has 0 aromatic carbocycles. The number of carbonyl (C=O) groups excluding carboxylic acids is 3. The highest BCUT2D eigenvalue weighted by Gasteiger charge is 2.58. The maximum absolute atomic E-state index is 11.9. The zero-order chi connectivity index (χ0) is 15.7. The molecule has 1 aliphatic heterocycles. The summed E-state index contributed by atoms with van der Waals surface area (Å²) in [5.74, 6) is -1.69. The van der Waals surface area contributed by atoms with Crippen molar-refractivity contribution < 1.29 is 27.4 Å². The third-order valence-corrected chi connectivity index (χ3v) is 4.55. The first-order valence-electron chi connectivity index (χ1n) is 5.63. The number of thiophene rings is 1. The fourth-order valence-corrected chi connectivity index (χ4v) is 3.28. The molecule has 11 heteroatoms. The lowest BCUT2D eigenvalue weighted by Gasteiger charge is -2.45. The molecule has 0 radical (unpaired) electrons. The average Bonchev–Trinajstić information content (AvgIpc) is 2.86. The second-order valence-corrected chi connectivity index (χ2v) is 6.63. The molecule has 21 heavy (non-hydrogen) atoms. The summed E-state index contributed by atoms with van der Waals surface area (Å²) in [6, 6.07) is 3.47. The van der Waals surface area contributed by atoms with Gasteiger partial charge in [-0.1, -0.05) is 6.07 Å². The summed E-state index contributed by atoms with van der Waals surface area (Å²) in [6.45, 7) is -0.570. The number of hydrogen-bond donors (Lipinski definition) is 3. The summed E-state index contributed by atoms with van der Waals surface area (Å²) in [7, 11) is -4.71. The Balaban J connectivity index is 2.09. The van der Waals surface area contributed by atoms with E-state index < -0.39 is 34.3 Å². The first-order chi connectivity index (χ1) is 9.78. The summed E-state index contributed by atoms with van der Waals surface area (Å²) in [5, 5.41) is 6.14. The zero-order valence-corrected chi connectivity index (χ0v) is 12.1. The van der Waals surface area contributed by atoms with Gasteiger partial charge in [-0.3, -0.25) is 18.9 Å². The van der Waals surface area contributed by atoms with Crippen LogP contribution in [0.4, 0.5) is 0 Å². The number of β-lactam (4-membered cyclic amide) rings is 1. The van der Waals surface area contributed by atoms with Crippen molar-refractivity contribution in [2.75, 3.05) is 6.54 Å². The summed E-state index contributed by atoms with van der Waals surface area (Å²) < 4.78 is 30.7. The minimum atomic E-state index is -4.71. The largest absolute Gasteiger partial charge is 0.362 e. The molecule has 9 nitrogen and oxygen atoms in total. The molecular formula is C10H11N3O6S2. The number of nitrogens with zero attached hydrogens (tertiary/aromatic N) is 1. The van der Waals surface area contributed by atoms with Crippen LogP contribution in [-0.4, -0.2) is 47.7 Å². The van der Waals surface area contributed by atoms with Gasteiger partial charge in [-0.05, 0) is 11.4 Å². The topological polar surface area (TPSA) is 133 Å². The fraction of sp³-hybridized carbons (Fsp3) is 0.300. The van der Waals surface area contributed by atoms with Crippen molar-refractivity contribution in [3.8, 4) is 0 Å². The van der Waals surface area contributed by atoms with E-state index in [1.165, 1.54) is 11.3 Å². The molecule has 3 N–H and O–H groups in total. The van der Waals surface area contributed by atoms with Gasteiger partial charge in [-0.15, -0.1) is 11.3 Å². The van der Waals surface area contributed by atoms with E-state index in [-0.39, 0.29) is 17.1 Å². The first kappa shape index (κ1) is 15.4. The van der Waals surface area contributed by atoms with Crippen molar-refractivity contribution in [1.29, 1.82) is 0 Å². The smallest absolute Gasteiger partial charge is 0.327 e. The van der Waals surface area contributed by atoms with Crippen molar-refractivity contribution >= 4 is 39.9 Å². The summed E-state index contributed by atoms with van der Waals surface area (Å²) >= 11 is 1.34. The van der Waals surface area contributed by atoms with E-state index in [0.29, 0.717) is 0 Å². The highest BCUT2D eigenvalue weighted by molar-refractivity contribution is 7.84. The van der Waals surface area contributed by atoms with Crippen molar-refractivity contribution in [2.45, 2.75) is 12.1 Å². The molecule has 1 aliphatic rings. The normalized spacial score (nSPS) is 21.6. The lowest BCUT2D eigenvalue weighted by Crippen LogP contribution is -2.81. The standard InChI is InChI=1S/C10H11N3O6S2/c14-6-11-10(5-13(9(10)16)21(17,18)19)12-8(15)4-7-2-1-3-20-7/h1-3,6H,4-5H2,(H,11,14)(H,12,15)(H,17,18,19). The van der Waals surface area contributed by atoms with Crippen molar-refractivity contribution in [1.82, 2.24) is 14.9 Å². The molecule has 1 aromatic rings. The van der Waals surface area contributed by atoms with Gasteiger partial charge in [-0.2, -0.15) is 8.42 Å². The molecular weight excluding hydrogens is 322 g/mol. The molecule has 1 unspecified atom stereocenters. The van der Waals surface area contributed by atoms with Crippen LogP contribution in [0.5, 0.6) is 0 Å². The Labute approximate surface area is 123 Å². The second-order valence-electron chi connectivity index (χ2n) is 4.26. The molecule has 0 bridgehead atoms. The lowest BCUT2D eigenvalue weighted by atomic mass is 10.0. The predicted octanol–water partition coefficient (Wildman–Crippen LogP) is -1.51. The van der Waals surface area contributed by atoms with E-state index in [1.54, 1.807) is 17.5 Å². The van der Waals surface area contributed by atoms with E-state index >= 15 is 0 Å². The maximum atomic E-state index is 11.9. The van der Waals surface area contributed by atoms with E-state index in [4.69, 9.17) is 4.55 Å². The van der Waals surface area contributed by atoms with E-state index in [2.05, 4.69) is 10.6 Å². The molecule has 0 aliphatic carbocycles. The van der Waals surface area contributed by atoms with Gasteiger partial charge in [0.15, 0.2) is 0 Å². The van der Waals surface area contributed by atoms with Crippen molar-refractivity contribution in [3.63, 3.8) is 0 Å². The Kier molecular flexibility index (Phi) is 3.98. The second kappa shape index (κ2) is 5.42. The first-order valence-corrected chi connectivity index (χ1v) is 7.90. The highest BCUT2D eigenvalue weighted by atomic mass is 32.2. The van der Waals surface area contributed by atoms with Gasteiger partial charge in [0.25, 0.3) is 5.91 Å². The Bertz CT molecular complexity index is 671. The number of carbonyl (C=O) groups is 3. The Morgan fingerprint density at radius 3 is 2.76 bits per heavy atom. The predicted molar refractivity (Wildman–Crippen MR) is 71.4 cm³/mol. The third-order valence-electron chi connectivity index (χ3n) is 2.82. The molecule has 1 saturated heterocycles. The lowest BCUT2D eigenvalue weighted by molar-refractivity contribution is -0.152. The van der Waals surface area contributed by atoms with Crippen LogP contribution in [0.2, 0.25) is 0 Å². The van der Waals surface area contributed by atoms with Crippen LogP contribution in [0, 0.1) is 0 Å². The molecule has 1 fully saturated rings. The quantitative estimate of drug-likeness (QED) is 0.251. The van der Waals surface area contributed by atoms with E-state index in [1.807, 2.05) is 0 Å². The van der Waals surface area contributed by atoms with Crippen LogP contribution < -0.4 is 10.6 Å². The number of amides is 3. The average molecular weight is 333 g/mol. The highest BCUT2D eigenvalue weighted by Crippen LogP contribution is 2.23. The van der Waals surface area contributed by atoms with Crippen LogP contribution in [0.3, 0.4) is 0 Å². The Hall–Kier alpha value is -1.98.